The Kier molecular flexibility index (Phi) is 11.2. The number of nitrogens with one attached hydrogen (secondary N) is 1. The first-order valence-electron chi connectivity index (χ1n) is 13.8. The van der Waals surface area contributed by atoms with Crippen LogP contribution in [0, 0.1) is 5.82 Å². The molecule has 2 aromatic carbocycles. The lowest BCUT2D eigenvalue weighted by Gasteiger charge is -2.43. The van der Waals surface area contributed by atoms with Crippen molar-refractivity contribution in [2.75, 3.05) is 57.4 Å². The van der Waals surface area contributed by atoms with E-state index in [1.807, 2.05) is 18.2 Å². The summed E-state index contributed by atoms with van der Waals surface area (Å²) < 4.78 is 19.0. The van der Waals surface area contributed by atoms with Crippen LogP contribution in [0.25, 0.3) is 0 Å². The van der Waals surface area contributed by atoms with E-state index < -0.39 is 11.4 Å². The molecule has 0 aliphatic carbocycles. The molecular weight excluding hydrogens is 570 g/mol. The van der Waals surface area contributed by atoms with Gasteiger partial charge in [0.1, 0.15) is 11.2 Å². The van der Waals surface area contributed by atoms with E-state index in [-0.39, 0.29) is 61.7 Å². The van der Waals surface area contributed by atoms with Crippen molar-refractivity contribution >= 4 is 42.4 Å². The fraction of sp³-hybridized carbons (Fsp3) is 0.533. The smallest absolute Gasteiger partial charge is 0.315 e. The summed E-state index contributed by atoms with van der Waals surface area (Å²) in [5, 5.41) is 13.7. The van der Waals surface area contributed by atoms with Gasteiger partial charge in [0.15, 0.2) is 0 Å². The number of aliphatic carboxylic acids is 1. The highest BCUT2D eigenvalue weighted by molar-refractivity contribution is 6.01. The molecule has 0 bridgehead atoms. The summed E-state index contributed by atoms with van der Waals surface area (Å²) in [5.74, 6) is -1.32. The van der Waals surface area contributed by atoms with Gasteiger partial charge in [-0.3, -0.25) is 19.4 Å². The van der Waals surface area contributed by atoms with E-state index in [9.17, 15) is 19.1 Å². The van der Waals surface area contributed by atoms with E-state index in [1.165, 1.54) is 12.1 Å². The third kappa shape index (κ3) is 7.21. The Bertz CT molecular complexity index is 1220. The summed E-state index contributed by atoms with van der Waals surface area (Å²) in [4.78, 5) is 32.6. The first-order chi connectivity index (χ1) is 18.6. The average Bonchev–Trinajstić information content (AvgIpc) is 3.21. The van der Waals surface area contributed by atoms with Crippen LogP contribution in [0.2, 0.25) is 0 Å². The number of hydrogen-bond acceptors (Lipinski definition) is 6. The number of anilines is 1. The van der Waals surface area contributed by atoms with E-state index in [0.29, 0.717) is 30.3 Å². The van der Waals surface area contributed by atoms with Crippen molar-refractivity contribution < 1.29 is 23.8 Å². The highest BCUT2D eigenvalue weighted by Gasteiger charge is 2.47. The first-order valence-corrected chi connectivity index (χ1v) is 13.8. The van der Waals surface area contributed by atoms with E-state index in [0.717, 1.165) is 43.9 Å². The number of carboxylic acids is 1. The van der Waals surface area contributed by atoms with Crippen LogP contribution in [0.3, 0.4) is 0 Å². The fourth-order valence-corrected chi connectivity index (χ4v) is 6.07. The van der Waals surface area contributed by atoms with Crippen molar-refractivity contribution in [3.05, 3.63) is 65.0 Å². The predicted molar refractivity (Wildman–Crippen MR) is 162 cm³/mol. The lowest BCUT2D eigenvalue weighted by Crippen LogP contribution is -2.62. The van der Waals surface area contributed by atoms with Crippen LogP contribution in [0.1, 0.15) is 37.5 Å². The highest BCUT2D eigenvalue weighted by atomic mass is 35.5. The van der Waals surface area contributed by atoms with Crippen molar-refractivity contribution in [1.29, 1.82) is 0 Å². The van der Waals surface area contributed by atoms with Gasteiger partial charge >= 0.3 is 5.97 Å². The van der Waals surface area contributed by atoms with Gasteiger partial charge in [-0.1, -0.05) is 24.3 Å². The molecule has 2 N–H and O–H groups in total. The Labute approximate surface area is 254 Å². The number of halogens is 3. The van der Waals surface area contributed by atoms with Crippen molar-refractivity contribution in [3.63, 3.8) is 0 Å². The molecule has 1 amide bonds. The van der Waals surface area contributed by atoms with Crippen LogP contribution in [-0.4, -0.2) is 97.4 Å². The molecule has 2 saturated heterocycles. The van der Waals surface area contributed by atoms with Crippen LogP contribution in [0.4, 0.5) is 10.1 Å². The fourth-order valence-electron chi connectivity index (χ4n) is 6.07. The molecule has 0 radical (unpaired) electrons. The van der Waals surface area contributed by atoms with Gasteiger partial charge in [-0.2, -0.15) is 0 Å². The zero-order valence-electron chi connectivity index (χ0n) is 23.8. The zero-order valence-corrected chi connectivity index (χ0v) is 25.5. The molecule has 41 heavy (non-hydrogen) atoms. The minimum atomic E-state index is -1.18. The Hall–Kier alpha value is -2.27. The van der Waals surface area contributed by atoms with Gasteiger partial charge in [-0.15, -0.1) is 24.8 Å². The van der Waals surface area contributed by atoms with Crippen molar-refractivity contribution in [3.8, 4) is 0 Å². The van der Waals surface area contributed by atoms with Crippen molar-refractivity contribution in [2.45, 2.75) is 50.7 Å². The molecule has 8 nitrogen and oxygen atoms in total. The topological polar surface area (TPSA) is 85.4 Å². The number of piperazine rings is 1. The molecule has 3 aliphatic rings. The minimum Gasteiger partial charge on any atom is -0.481 e. The summed E-state index contributed by atoms with van der Waals surface area (Å²) in [5.41, 5.74) is 2.02. The van der Waals surface area contributed by atoms with Gasteiger partial charge in [0.2, 0.25) is 5.91 Å². The normalized spacial score (nSPS) is 26.5. The van der Waals surface area contributed by atoms with Crippen LogP contribution in [0.15, 0.2) is 42.5 Å². The van der Waals surface area contributed by atoms with Gasteiger partial charge in [-0.05, 0) is 62.1 Å². The van der Waals surface area contributed by atoms with Crippen molar-refractivity contribution in [1.82, 2.24) is 15.1 Å². The largest absolute Gasteiger partial charge is 0.481 e. The minimum absolute atomic E-state index is 0. The molecule has 0 aromatic heterocycles. The molecule has 0 spiro atoms. The van der Waals surface area contributed by atoms with Gasteiger partial charge < -0.3 is 20.1 Å². The molecule has 5 rings (SSSR count). The monoisotopic (exact) mass is 610 g/mol. The third-order valence-corrected chi connectivity index (χ3v) is 8.53. The van der Waals surface area contributed by atoms with E-state index in [1.54, 1.807) is 24.0 Å². The molecule has 0 unspecified atom stereocenters. The molecular formula is C30H41Cl2FN4O4. The zero-order chi connectivity index (χ0) is 27.7. The maximum absolute atomic E-state index is 13.9. The van der Waals surface area contributed by atoms with Gasteiger partial charge in [0.25, 0.3) is 0 Å². The summed E-state index contributed by atoms with van der Waals surface area (Å²) in [7, 11) is 0. The number of carboxylic acid groups (broad SMARTS) is 1. The predicted octanol–water partition coefficient (Wildman–Crippen LogP) is 3.33. The Morgan fingerprint density at radius 1 is 1.10 bits per heavy atom. The molecule has 3 heterocycles. The molecule has 2 fully saturated rings. The number of hydrogen-bond donors (Lipinski definition) is 2. The molecule has 2 aromatic rings. The Morgan fingerprint density at radius 3 is 2.49 bits per heavy atom. The SMILES string of the molecule is C[C@@H]1CN(CC(=O)N2C[C@@](C)(C(=O)O)c3ccc(Cc4ccc(F)cc4)cc32)[C@@H](CN2CCOC[C@H]2C)CN1.Cl.Cl. The van der Waals surface area contributed by atoms with Gasteiger partial charge in [0, 0.05) is 56.5 Å². The Morgan fingerprint density at radius 2 is 1.80 bits per heavy atom. The van der Waals surface area contributed by atoms with Crippen LogP contribution in [-0.2, 0) is 26.2 Å². The molecule has 0 saturated carbocycles. The second-order valence-corrected chi connectivity index (χ2v) is 11.6. The number of nitrogens with zero attached hydrogens (tertiary/aromatic N) is 3. The van der Waals surface area contributed by atoms with Crippen LogP contribution in [0.5, 0.6) is 0 Å². The molecule has 226 valence electrons. The number of carbonyl (C=O) groups excluding carboxylic acids is 1. The number of carbonyl (C=O) groups is 2. The number of benzene rings is 2. The summed E-state index contributed by atoms with van der Waals surface area (Å²) in [6.07, 6.45) is 0.564. The Balaban J connectivity index is 0.00000231. The van der Waals surface area contributed by atoms with E-state index in [2.05, 4.69) is 29.0 Å². The maximum Gasteiger partial charge on any atom is 0.315 e. The number of ether oxygens (including phenoxy) is 1. The lowest BCUT2D eigenvalue weighted by molar-refractivity contribution is -0.142. The summed E-state index contributed by atoms with van der Waals surface area (Å²) in [6.45, 7) is 11.0. The second kappa shape index (κ2) is 13.8. The van der Waals surface area contributed by atoms with Crippen LogP contribution >= 0.6 is 24.8 Å². The average molecular weight is 612 g/mol. The number of fused-ring (bicyclic) bond motifs is 1. The molecule has 11 heteroatoms. The number of rotatable bonds is 7. The quantitative estimate of drug-likeness (QED) is 0.497. The summed E-state index contributed by atoms with van der Waals surface area (Å²) >= 11 is 0. The third-order valence-electron chi connectivity index (χ3n) is 8.53. The van der Waals surface area contributed by atoms with Gasteiger partial charge in [0.05, 0.1) is 19.8 Å². The second-order valence-electron chi connectivity index (χ2n) is 11.6. The van der Waals surface area contributed by atoms with Crippen molar-refractivity contribution in [2.24, 2.45) is 0 Å². The summed E-state index contributed by atoms with van der Waals surface area (Å²) in [6, 6.07) is 12.8. The standard InChI is InChI=1S/C30H39FN4O4.2ClH/c1-20-15-34(25(14-32-20)16-33-10-11-39-18-21(33)2)17-28(36)35-19-30(3,29(37)38)26-9-6-23(13-27(26)35)12-22-4-7-24(31)8-5-22;;/h4-9,13,20-21,25,32H,10-12,14-19H2,1-3H3,(H,37,38);2*1H/t20-,21-,25-,30-;;/m1../s1. The first kappa shape index (κ1) is 33.2. The number of amides is 1. The van der Waals surface area contributed by atoms with E-state index >= 15 is 0 Å². The van der Waals surface area contributed by atoms with Crippen LogP contribution < -0.4 is 10.2 Å². The lowest BCUT2D eigenvalue weighted by atomic mass is 9.84. The van der Waals surface area contributed by atoms with E-state index in [4.69, 9.17) is 4.74 Å². The molecule has 3 aliphatic heterocycles. The van der Waals surface area contributed by atoms with Gasteiger partial charge in [-0.25, -0.2) is 4.39 Å². The molecule has 4 atom stereocenters. The number of morpholine rings is 1. The highest BCUT2D eigenvalue weighted by Crippen LogP contribution is 2.42. The maximum atomic E-state index is 13.9.